The third-order valence-corrected chi connectivity index (χ3v) is 3.13. The molecule has 1 aromatic carbocycles. The SMILES string of the molecule is CN(CC1CCCO1)C(=O)c1ccc(N)c(O)c1. The van der Waals surface area contributed by atoms with Gasteiger partial charge < -0.3 is 20.5 Å². The first-order valence-corrected chi connectivity index (χ1v) is 6.03. The van der Waals surface area contributed by atoms with Crippen molar-refractivity contribution in [1.29, 1.82) is 0 Å². The monoisotopic (exact) mass is 250 g/mol. The zero-order valence-electron chi connectivity index (χ0n) is 10.4. The van der Waals surface area contributed by atoms with Gasteiger partial charge in [0.05, 0.1) is 11.8 Å². The van der Waals surface area contributed by atoms with E-state index in [0.717, 1.165) is 19.4 Å². The number of nitrogens with two attached hydrogens (primary N) is 1. The lowest BCUT2D eigenvalue weighted by Crippen LogP contribution is -2.34. The standard InChI is InChI=1S/C13H18N2O3/c1-15(8-10-3-2-6-18-10)13(17)9-4-5-11(14)12(16)7-9/h4-5,7,10,16H,2-3,6,8,14H2,1H3. The third kappa shape index (κ3) is 2.73. The van der Waals surface area contributed by atoms with E-state index < -0.39 is 0 Å². The van der Waals surface area contributed by atoms with Crippen molar-refractivity contribution >= 4 is 11.6 Å². The molecule has 3 N–H and O–H groups in total. The van der Waals surface area contributed by atoms with Gasteiger partial charge in [-0.2, -0.15) is 0 Å². The fourth-order valence-electron chi connectivity index (χ4n) is 2.07. The Morgan fingerprint density at radius 1 is 1.61 bits per heavy atom. The van der Waals surface area contributed by atoms with Crippen LogP contribution in [-0.4, -0.2) is 42.2 Å². The summed E-state index contributed by atoms with van der Waals surface area (Å²) in [6.07, 6.45) is 2.17. The first kappa shape index (κ1) is 12.7. The molecule has 0 spiro atoms. The molecule has 0 aliphatic carbocycles. The molecule has 18 heavy (non-hydrogen) atoms. The quantitative estimate of drug-likeness (QED) is 0.625. The minimum Gasteiger partial charge on any atom is -0.506 e. The molecular weight excluding hydrogens is 232 g/mol. The molecule has 1 heterocycles. The molecule has 0 bridgehead atoms. The molecule has 5 heteroatoms. The summed E-state index contributed by atoms with van der Waals surface area (Å²) in [7, 11) is 1.73. The Morgan fingerprint density at radius 3 is 3.00 bits per heavy atom. The Kier molecular flexibility index (Phi) is 3.72. The highest BCUT2D eigenvalue weighted by Crippen LogP contribution is 2.22. The predicted molar refractivity (Wildman–Crippen MR) is 68.5 cm³/mol. The van der Waals surface area contributed by atoms with Gasteiger partial charge in [-0.3, -0.25) is 4.79 Å². The smallest absolute Gasteiger partial charge is 0.253 e. The van der Waals surface area contributed by atoms with Gasteiger partial charge in [0.2, 0.25) is 0 Å². The second-order valence-electron chi connectivity index (χ2n) is 4.59. The summed E-state index contributed by atoms with van der Waals surface area (Å²) in [4.78, 5) is 13.7. The summed E-state index contributed by atoms with van der Waals surface area (Å²) in [5.74, 6) is -0.202. The number of nitrogens with zero attached hydrogens (tertiary/aromatic N) is 1. The zero-order chi connectivity index (χ0) is 13.1. The van der Waals surface area contributed by atoms with Crippen molar-refractivity contribution < 1.29 is 14.6 Å². The van der Waals surface area contributed by atoms with Crippen LogP contribution in [0.3, 0.4) is 0 Å². The van der Waals surface area contributed by atoms with Crippen molar-refractivity contribution in [3.05, 3.63) is 23.8 Å². The summed E-state index contributed by atoms with van der Waals surface area (Å²) in [6.45, 7) is 1.35. The topological polar surface area (TPSA) is 75.8 Å². The largest absolute Gasteiger partial charge is 0.506 e. The van der Waals surface area contributed by atoms with Gasteiger partial charge in [0.25, 0.3) is 5.91 Å². The van der Waals surface area contributed by atoms with Crippen molar-refractivity contribution in [2.75, 3.05) is 25.9 Å². The average Bonchev–Trinajstić information content (AvgIpc) is 2.84. The van der Waals surface area contributed by atoms with Crippen molar-refractivity contribution in [3.63, 3.8) is 0 Å². The Morgan fingerprint density at radius 2 is 2.39 bits per heavy atom. The van der Waals surface area contributed by atoms with Gasteiger partial charge in [0.15, 0.2) is 0 Å². The highest BCUT2D eigenvalue weighted by atomic mass is 16.5. The van der Waals surface area contributed by atoms with Gasteiger partial charge in [-0.25, -0.2) is 0 Å². The Hall–Kier alpha value is -1.75. The fourth-order valence-corrected chi connectivity index (χ4v) is 2.07. The Labute approximate surface area is 106 Å². The first-order valence-electron chi connectivity index (χ1n) is 6.03. The highest BCUT2D eigenvalue weighted by Gasteiger charge is 2.21. The van der Waals surface area contributed by atoms with E-state index in [0.29, 0.717) is 12.1 Å². The maximum Gasteiger partial charge on any atom is 0.253 e. The summed E-state index contributed by atoms with van der Waals surface area (Å²) >= 11 is 0. The van der Waals surface area contributed by atoms with Gasteiger partial charge in [0, 0.05) is 25.8 Å². The molecule has 0 aromatic heterocycles. The number of amides is 1. The van der Waals surface area contributed by atoms with Crippen LogP contribution in [0.1, 0.15) is 23.2 Å². The summed E-state index contributed by atoms with van der Waals surface area (Å²) in [5.41, 5.74) is 6.21. The molecule has 1 aliphatic rings. The lowest BCUT2D eigenvalue weighted by atomic mass is 10.1. The van der Waals surface area contributed by atoms with Gasteiger partial charge in [-0.05, 0) is 31.0 Å². The van der Waals surface area contributed by atoms with Crippen LogP contribution in [0.5, 0.6) is 5.75 Å². The van der Waals surface area contributed by atoms with Gasteiger partial charge in [-0.1, -0.05) is 0 Å². The number of likely N-dealkylation sites (N-methyl/N-ethyl adjacent to an activating group) is 1. The maximum atomic E-state index is 12.1. The molecule has 98 valence electrons. The summed E-state index contributed by atoms with van der Waals surface area (Å²) < 4.78 is 5.49. The molecule has 1 unspecified atom stereocenters. The number of hydrogen-bond donors (Lipinski definition) is 2. The van der Waals surface area contributed by atoms with E-state index in [9.17, 15) is 9.90 Å². The number of ether oxygens (including phenoxy) is 1. The Bertz CT molecular complexity index is 442. The first-order chi connectivity index (χ1) is 8.58. The number of phenols is 1. The van der Waals surface area contributed by atoms with E-state index in [-0.39, 0.29) is 23.4 Å². The normalized spacial score (nSPS) is 18.8. The molecule has 1 saturated heterocycles. The molecule has 0 radical (unpaired) electrons. The minimum absolute atomic E-state index is 0.0635. The number of phenolic OH excluding ortho intramolecular Hbond substituents is 1. The predicted octanol–water partition coefficient (Wildman–Crippen LogP) is 1.23. The van der Waals surface area contributed by atoms with E-state index in [4.69, 9.17) is 10.5 Å². The molecule has 1 aliphatic heterocycles. The lowest BCUT2D eigenvalue weighted by molar-refractivity contribution is 0.0587. The number of carbonyl (C=O) groups excluding carboxylic acids is 1. The molecule has 2 rings (SSSR count). The van der Waals surface area contributed by atoms with E-state index in [1.54, 1.807) is 18.0 Å². The van der Waals surface area contributed by atoms with E-state index >= 15 is 0 Å². The van der Waals surface area contributed by atoms with Crippen LogP contribution >= 0.6 is 0 Å². The van der Waals surface area contributed by atoms with Crippen molar-refractivity contribution in [2.24, 2.45) is 0 Å². The van der Waals surface area contributed by atoms with Crippen molar-refractivity contribution in [1.82, 2.24) is 4.90 Å². The second kappa shape index (κ2) is 5.27. The minimum atomic E-state index is -0.138. The summed E-state index contributed by atoms with van der Waals surface area (Å²) in [6, 6.07) is 4.54. The molecule has 1 amide bonds. The highest BCUT2D eigenvalue weighted by molar-refractivity contribution is 5.95. The van der Waals surface area contributed by atoms with Crippen LogP contribution in [0.4, 0.5) is 5.69 Å². The van der Waals surface area contributed by atoms with Gasteiger partial charge in [-0.15, -0.1) is 0 Å². The number of benzene rings is 1. The number of rotatable bonds is 3. The number of carbonyl (C=O) groups is 1. The number of anilines is 1. The number of nitrogen functional groups attached to an aromatic ring is 1. The third-order valence-electron chi connectivity index (χ3n) is 3.13. The average molecular weight is 250 g/mol. The van der Waals surface area contributed by atoms with Crippen molar-refractivity contribution in [2.45, 2.75) is 18.9 Å². The molecule has 0 saturated carbocycles. The molecular formula is C13H18N2O3. The van der Waals surface area contributed by atoms with Gasteiger partial charge >= 0.3 is 0 Å². The molecule has 1 aromatic rings. The molecule has 5 nitrogen and oxygen atoms in total. The lowest BCUT2D eigenvalue weighted by Gasteiger charge is -2.21. The van der Waals surface area contributed by atoms with Crippen molar-refractivity contribution in [3.8, 4) is 5.75 Å². The van der Waals surface area contributed by atoms with E-state index in [2.05, 4.69) is 0 Å². The van der Waals surface area contributed by atoms with Crippen LogP contribution < -0.4 is 5.73 Å². The number of hydrogen-bond acceptors (Lipinski definition) is 4. The van der Waals surface area contributed by atoms with Crippen LogP contribution in [0.25, 0.3) is 0 Å². The Balaban J connectivity index is 2.02. The molecule has 1 atom stereocenters. The summed E-state index contributed by atoms with van der Waals surface area (Å²) in [5, 5.41) is 9.49. The van der Waals surface area contributed by atoms with Crippen LogP contribution in [0.15, 0.2) is 18.2 Å². The van der Waals surface area contributed by atoms with E-state index in [1.165, 1.54) is 12.1 Å². The number of aromatic hydroxyl groups is 1. The maximum absolute atomic E-state index is 12.1. The van der Waals surface area contributed by atoms with Gasteiger partial charge in [0.1, 0.15) is 5.75 Å². The van der Waals surface area contributed by atoms with E-state index in [1.807, 2.05) is 0 Å². The molecule has 1 fully saturated rings. The van der Waals surface area contributed by atoms with Crippen LogP contribution in [0.2, 0.25) is 0 Å². The fraction of sp³-hybridized carbons (Fsp3) is 0.462. The zero-order valence-corrected chi connectivity index (χ0v) is 10.4. The van der Waals surface area contributed by atoms with Crippen LogP contribution in [0, 0.1) is 0 Å². The second-order valence-corrected chi connectivity index (χ2v) is 4.59. The van der Waals surface area contributed by atoms with Crippen LogP contribution in [-0.2, 0) is 4.74 Å².